The second kappa shape index (κ2) is 6.06. The highest BCUT2D eigenvalue weighted by Gasteiger charge is 2.14. The first kappa shape index (κ1) is 11.6. The van der Waals surface area contributed by atoms with E-state index in [2.05, 4.69) is 5.32 Å². The zero-order chi connectivity index (χ0) is 11.1. The number of benzene rings is 1. The lowest BCUT2D eigenvalue weighted by molar-refractivity contribution is -0.110. The van der Waals surface area contributed by atoms with E-state index in [4.69, 9.17) is 5.73 Å². The summed E-state index contributed by atoms with van der Waals surface area (Å²) in [5, 5.41) is 2.70. The number of anilines is 1. The Morgan fingerprint density at radius 1 is 1.33 bits per heavy atom. The van der Waals surface area contributed by atoms with Gasteiger partial charge in [0.25, 0.3) is 0 Å². The number of carbonyl (C=O) groups excluding carboxylic acids is 1. The molecule has 0 bridgehead atoms. The molecule has 0 saturated heterocycles. The Kier molecular flexibility index (Phi) is 4.68. The van der Waals surface area contributed by atoms with Crippen LogP contribution in [0.5, 0.6) is 0 Å². The summed E-state index contributed by atoms with van der Waals surface area (Å²) >= 11 is 0. The Balaban J connectivity index is 0.000000151. The van der Waals surface area contributed by atoms with Gasteiger partial charge in [0.15, 0.2) is 0 Å². The van der Waals surface area contributed by atoms with E-state index >= 15 is 0 Å². The van der Waals surface area contributed by atoms with Crippen LogP contribution in [0.4, 0.5) is 5.69 Å². The summed E-state index contributed by atoms with van der Waals surface area (Å²) in [4.78, 5) is 9.70. The number of carbonyl (C=O) groups is 1. The fraction of sp³-hybridized carbons (Fsp3) is 0.417. The van der Waals surface area contributed by atoms with Crippen molar-refractivity contribution in [2.75, 3.05) is 5.73 Å². The van der Waals surface area contributed by atoms with Crippen molar-refractivity contribution >= 4 is 12.1 Å². The average Bonchev–Trinajstić information content (AvgIpc) is 2.17. The minimum absolute atomic E-state index is 0.512. The summed E-state index contributed by atoms with van der Waals surface area (Å²) in [7, 11) is 0. The summed E-state index contributed by atoms with van der Waals surface area (Å²) in [6.07, 6.45) is 4.42. The predicted molar refractivity (Wildman–Crippen MR) is 62.4 cm³/mol. The number of hydrogen-bond donors (Lipinski definition) is 2. The molecule has 0 aliphatic heterocycles. The lowest BCUT2D eigenvalue weighted by Gasteiger charge is -2.23. The zero-order valence-electron chi connectivity index (χ0n) is 9.07. The van der Waals surface area contributed by atoms with Crippen LogP contribution in [0.1, 0.15) is 24.8 Å². The third-order valence-corrected chi connectivity index (χ3v) is 2.49. The summed E-state index contributed by atoms with van der Waals surface area (Å²) < 4.78 is 0. The second-order valence-electron chi connectivity index (χ2n) is 3.82. The van der Waals surface area contributed by atoms with Gasteiger partial charge in [-0.05, 0) is 38.3 Å². The van der Waals surface area contributed by atoms with Crippen molar-refractivity contribution in [1.29, 1.82) is 0 Å². The molecule has 1 aliphatic carbocycles. The average molecular weight is 206 g/mol. The Labute approximate surface area is 90.7 Å². The Hall–Kier alpha value is -1.51. The lowest BCUT2D eigenvalue weighted by atomic mass is 9.94. The molecule has 15 heavy (non-hydrogen) atoms. The molecule has 1 aromatic carbocycles. The number of amides is 1. The predicted octanol–water partition coefficient (Wildman–Crippen LogP) is 1.86. The number of rotatable bonds is 2. The highest BCUT2D eigenvalue weighted by Crippen LogP contribution is 2.16. The van der Waals surface area contributed by atoms with Crippen LogP contribution in [0.3, 0.4) is 0 Å². The van der Waals surface area contributed by atoms with Crippen molar-refractivity contribution < 1.29 is 4.79 Å². The molecule has 1 saturated carbocycles. The molecule has 1 aromatic rings. The van der Waals surface area contributed by atoms with E-state index in [0.717, 1.165) is 12.1 Å². The number of hydrogen-bond acceptors (Lipinski definition) is 2. The van der Waals surface area contributed by atoms with E-state index in [1.54, 1.807) is 0 Å². The van der Waals surface area contributed by atoms with Crippen molar-refractivity contribution in [3.63, 3.8) is 0 Å². The van der Waals surface area contributed by atoms with Gasteiger partial charge in [0, 0.05) is 11.7 Å². The van der Waals surface area contributed by atoms with Crippen molar-refractivity contribution in [3.8, 4) is 0 Å². The monoisotopic (exact) mass is 206 g/mol. The first-order valence-electron chi connectivity index (χ1n) is 5.24. The smallest absolute Gasteiger partial charge is 0.207 e. The maximum Gasteiger partial charge on any atom is 0.207 e. The molecule has 0 atom stereocenters. The molecular formula is C12H18N2O. The normalized spacial score (nSPS) is 14.5. The number of nitrogens with one attached hydrogen (secondary N) is 1. The Morgan fingerprint density at radius 3 is 2.20 bits per heavy atom. The Morgan fingerprint density at radius 2 is 1.93 bits per heavy atom. The molecule has 82 valence electrons. The third-order valence-electron chi connectivity index (χ3n) is 2.49. The molecule has 1 aliphatic rings. The fourth-order valence-corrected chi connectivity index (χ4v) is 1.24. The molecular weight excluding hydrogens is 188 g/mol. The van der Waals surface area contributed by atoms with Crippen molar-refractivity contribution in [2.24, 2.45) is 0 Å². The molecule has 3 nitrogen and oxygen atoms in total. The van der Waals surface area contributed by atoms with E-state index in [1.807, 2.05) is 31.2 Å². The maximum absolute atomic E-state index is 9.70. The quantitative estimate of drug-likeness (QED) is 0.573. The van der Waals surface area contributed by atoms with Gasteiger partial charge in [0.05, 0.1) is 0 Å². The topological polar surface area (TPSA) is 55.1 Å². The van der Waals surface area contributed by atoms with Gasteiger partial charge in [-0.2, -0.15) is 0 Å². The lowest BCUT2D eigenvalue weighted by Crippen LogP contribution is -2.33. The highest BCUT2D eigenvalue weighted by atomic mass is 16.1. The van der Waals surface area contributed by atoms with Crippen LogP contribution in [-0.4, -0.2) is 12.5 Å². The standard InChI is InChI=1S/C7H9N.C5H9NO/c1-6-2-4-7(8)5-3-6;7-4-6-5-2-1-3-5/h2-5H,8H2,1H3;4-5H,1-3H2,(H,6,7). The van der Waals surface area contributed by atoms with Crippen LogP contribution in [0.25, 0.3) is 0 Å². The van der Waals surface area contributed by atoms with E-state index in [-0.39, 0.29) is 0 Å². The molecule has 3 N–H and O–H groups in total. The summed E-state index contributed by atoms with van der Waals surface area (Å²) in [6.45, 7) is 2.04. The van der Waals surface area contributed by atoms with Crippen LogP contribution >= 0.6 is 0 Å². The summed E-state index contributed by atoms with van der Waals surface area (Å²) in [5.74, 6) is 0. The van der Waals surface area contributed by atoms with Crippen LogP contribution in [-0.2, 0) is 4.79 Å². The van der Waals surface area contributed by atoms with Crippen molar-refractivity contribution in [1.82, 2.24) is 5.32 Å². The number of aryl methyl sites for hydroxylation is 1. The van der Waals surface area contributed by atoms with Crippen LogP contribution in [0.2, 0.25) is 0 Å². The van der Waals surface area contributed by atoms with Crippen LogP contribution < -0.4 is 11.1 Å². The fourth-order valence-electron chi connectivity index (χ4n) is 1.24. The number of nitrogen functional groups attached to an aromatic ring is 1. The van der Waals surface area contributed by atoms with Gasteiger partial charge in [0.2, 0.25) is 6.41 Å². The molecule has 1 fully saturated rings. The van der Waals surface area contributed by atoms with Gasteiger partial charge in [-0.1, -0.05) is 17.7 Å². The molecule has 2 rings (SSSR count). The van der Waals surface area contributed by atoms with E-state index in [0.29, 0.717) is 6.04 Å². The first-order chi connectivity index (χ1) is 7.22. The number of nitrogens with two attached hydrogens (primary N) is 1. The SMILES string of the molecule is Cc1ccc(N)cc1.O=CNC1CCC1. The molecule has 0 radical (unpaired) electrons. The third kappa shape index (κ3) is 4.49. The molecule has 0 heterocycles. The Bertz CT molecular complexity index is 270. The van der Waals surface area contributed by atoms with Gasteiger partial charge in [-0.3, -0.25) is 4.79 Å². The van der Waals surface area contributed by atoms with Crippen LogP contribution in [0.15, 0.2) is 24.3 Å². The van der Waals surface area contributed by atoms with Gasteiger partial charge < -0.3 is 11.1 Å². The van der Waals surface area contributed by atoms with E-state index < -0.39 is 0 Å². The van der Waals surface area contributed by atoms with Gasteiger partial charge in [0.1, 0.15) is 0 Å². The molecule has 0 spiro atoms. The maximum atomic E-state index is 9.70. The zero-order valence-corrected chi connectivity index (χ0v) is 9.07. The second-order valence-corrected chi connectivity index (χ2v) is 3.82. The molecule has 3 heteroatoms. The van der Waals surface area contributed by atoms with Gasteiger partial charge >= 0.3 is 0 Å². The molecule has 1 amide bonds. The van der Waals surface area contributed by atoms with Gasteiger partial charge in [-0.25, -0.2) is 0 Å². The highest BCUT2D eigenvalue weighted by molar-refractivity contribution is 5.46. The first-order valence-corrected chi connectivity index (χ1v) is 5.24. The minimum atomic E-state index is 0.512. The largest absolute Gasteiger partial charge is 0.399 e. The summed E-state index contributed by atoms with van der Waals surface area (Å²) in [5.41, 5.74) is 7.51. The minimum Gasteiger partial charge on any atom is -0.399 e. The van der Waals surface area contributed by atoms with Crippen molar-refractivity contribution in [3.05, 3.63) is 29.8 Å². The molecule has 0 unspecified atom stereocenters. The van der Waals surface area contributed by atoms with Crippen LogP contribution in [0, 0.1) is 6.92 Å². The van der Waals surface area contributed by atoms with Crippen molar-refractivity contribution in [2.45, 2.75) is 32.2 Å². The summed E-state index contributed by atoms with van der Waals surface area (Å²) in [6, 6.07) is 8.30. The molecule has 0 aromatic heterocycles. The van der Waals surface area contributed by atoms with Gasteiger partial charge in [-0.15, -0.1) is 0 Å². The van der Waals surface area contributed by atoms with E-state index in [1.165, 1.54) is 24.8 Å². The van der Waals surface area contributed by atoms with E-state index in [9.17, 15) is 4.79 Å².